The number of ether oxygens (including phenoxy) is 3. The van der Waals surface area contributed by atoms with Crippen LogP contribution in [0.2, 0.25) is 0 Å². The van der Waals surface area contributed by atoms with Gasteiger partial charge in [0, 0.05) is 11.5 Å². The van der Waals surface area contributed by atoms with E-state index in [1.54, 1.807) is 21.3 Å². The normalized spacial score (nSPS) is 17.2. The quantitative estimate of drug-likeness (QED) is 0.401. The maximum Gasteiger partial charge on any atom is 0.189 e. The molecule has 2 aliphatic rings. The molecule has 0 amide bonds. The van der Waals surface area contributed by atoms with Crippen LogP contribution in [-0.2, 0) is 0 Å². The molecule has 1 atom stereocenters. The predicted molar refractivity (Wildman–Crippen MR) is 140 cm³/mol. The van der Waals surface area contributed by atoms with E-state index in [-0.39, 0.29) is 5.92 Å². The molecule has 9 heteroatoms. The number of anilines is 3. The summed E-state index contributed by atoms with van der Waals surface area (Å²) in [6.45, 7) is 0. The second kappa shape index (κ2) is 9.42. The van der Waals surface area contributed by atoms with E-state index in [1.807, 2.05) is 36.4 Å². The Labute approximate surface area is 208 Å². The molecule has 1 aliphatic carbocycles. The zero-order valence-corrected chi connectivity index (χ0v) is 20.7. The number of para-hydroxylation sites is 2. The Kier molecular flexibility index (Phi) is 6.17. The molecule has 1 aromatic heterocycles. The van der Waals surface area contributed by atoms with E-state index in [0.717, 1.165) is 52.2 Å². The Bertz CT molecular complexity index is 1360. The topological polar surface area (TPSA) is 115 Å². The maximum atomic E-state index is 8.58. The summed E-state index contributed by atoms with van der Waals surface area (Å²) in [7, 11) is 4.90. The molecular formula is C26H27N5O3S. The molecule has 8 nitrogen and oxygen atoms in total. The number of benzene rings is 2. The van der Waals surface area contributed by atoms with Crippen molar-refractivity contribution in [3.8, 4) is 17.2 Å². The fourth-order valence-corrected chi connectivity index (χ4v) is 5.66. The highest BCUT2D eigenvalue weighted by atomic mass is 32.1. The number of hydrogen-bond donors (Lipinski definition) is 3. The lowest BCUT2D eigenvalue weighted by molar-refractivity contribution is 0.354. The van der Waals surface area contributed by atoms with Gasteiger partial charge < -0.3 is 25.3 Å². The van der Waals surface area contributed by atoms with Crippen molar-refractivity contribution in [3.63, 3.8) is 0 Å². The van der Waals surface area contributed by atoms with Crippen LogP contribution in [-0.4, -0.2) is 37.9 Å². The smallest absolute Gasteiger partial charge is 0.189 e. The molecule has 1 unspecified atom stereocenters. The van der Waals surface area contributed by atoms with Crippen LogP contribution in [0.5, 0.6) is 17.2 Å². The fourth-order valence-electron chi connectivity index (χ4n) is 4.76. The Morgan fingerprint density at radius 3 is 2.57 bits per heavy atom. The molecule has 2 heterocycles. The van der Waals surface area contributed by atoms with E-state index >= 15 is 0 Å². The largest absolute Gasteiger partial charge is 0.495 e. The molecule has 0 fully saturated rings. The van der Waals surface area contributed by atoms with Crippen LogP contribution in [0.1, 0.15) is 35.6 Å². The molecule has 35 heavy (non-hydrogen) atoms. The Morgan fingerprint density at radius 1 is 1.03 bits per heavy atom. The standard InChI is InChI=1S/C26H27N5O3S/c1-32-18-10-5-4-9-17(18)29-26-31-25(28)23(35-26)22-21-15(7-6-8-16(21)24(27)30-22)14-11-12-19(33-2)20(13-14)34-3/h4-5,9-13,15,27H,6-8,28H2,1-3H3,(H,29,31). The highest BCUT2D eigenvalue weighted by Gasteiger charge is 2.36. The highest BCUT2D eigenvalue weighted by molar-refractivity contribution is 7.18. The second-order valence-electron chi connectivity index (χ2n) is 8.32. The average Bonchev–Trinajstić information content (AvgIpc) is 3.42. The van der Waals surface area contributed by atoms with E-state index in [2.05, 4.69) is 21.4 Å². The minimum Gasteiger partial charge on any atom is -0.495 e. The van der Waals surface area contributed by atoms with Crippen molar-refractivity contribution in [1.29, 1.82) is 5.41 Å². The Hall–Kier alpha value is -3.85. The van der Waals surface area contributed by atoms with Gasteiger partial charge in [-0.15, -0.1) is 0 Å². The molecule has 0 saturated carbocycles. The third-order valence-electron chi connectivity index (χ3n) is 6.38. The third kappa shape index (κ3) is 4.12. The van der Waals surface area contributed by atoms with Gasteiger partial charge in [0.1, 0.15) is 17.4 Å². The number of nitrogens with zero attached hydrogens (tertiary/aromatic N) is 2. The maximum absolute atomic E-state index is 8.58. The van der Waals surface area contributed by atoms with Crippen LogP contribution in [0.25, 0.3) is 0 Å². The number of thiazole rings is 1. The number of aliphatic imine (C=N–C) groups is 1. The monoisotopic (exact) mass is 489 g/mol. The van der Waals surface area contributed by atoms with Crippen molar-refractivity contribution in [2.75, 3.05) is 32.4 Å². The van der Waals surface area contributed by atoms with Gasteiger partial charge in [-0.3, -0.25) is 5.41 Å². The van der Waals surface area contributed by atoms with Crippen molar-refractivity contribution in [1.82, 2.24) is 4.98 Å². The summed E-state index contributed by atoms with van der Waals surface area (Å²) in [6, 6.07) is 13.7. The van der Waals surface area contributed by atoms with E-state index in [1.165, 1.54) is 11.3 Å². The summed E-state index contributed by atoms with van der Waals surface area (Å²) in [5.41, 5.74) is 11.1. The summed E-state index contributed by atoms with van der Waals surface area (Å²) in [6.07, 6.45) is 2.77. The third-order valence-corrected chi connectivity index (χ3v) is 7.38. The first-order valence-corrected chi connectivity index (χ1v) is 12.1. The lowest BCUT2D eigenvalue weighted by Gasteiger charge is -2.26. The van der Waals surface area contributed by atoms with Gasteiger partial charge in [-0.2, -0.15) is 0 Å². The van der Waals surface area contributed by atoms with Gasteiger partial charge in [-0.05, 0) is 54.7 Å². The van der Waals surface area contributed by atoms with E-state index in [9.17, 15) is 0 Å². The van der Waals surface area contributed by atoms with Gasteiger partial charge in [-0.25, -0.2) is 9.98 Å². The fraction of sp³-hybridized carbons (Fsp3) is 0.269. The zero-order valence-electron chi connectivity index (χ0n) is 19.8. The number of rotatable bonds is 7. The first kappa shape index (κ1) is 22.9. The van der Waals surface area contributed by atoms with E-state index in [4.69, 9.17) is 25.4 Å². The number of nitrogens with one attached hydrogen (secondary N) is 2. The minimum absolute atomic E-state index is 0.0762. The number of amidine groups is 1. The summed E-state index contributed by atoms with van der Waals surface area (Å²) >= 11 is 1.43. The van der Waals surface area contributed by atoms with Crippen molar-refractivity contribution < 1.29 is 14.2 Å². The van der Waals surface area contributed by atoms with Gasteiger partial charge in [0.15, 0.2) is 16.6 Å². The summed E-state index contributed by atoms with van der Waals surface area (Å²) in [4.78, 5) is 10.0. The molecule has 180 valence electrons. The van der Waals surface area contributed by atoms with Crippen molar-refractivity contribution in [3.05, 3.63) is 64.1 Å². The zero-order chi connectivity index (χ0) is 24.5. The Morgan fingerprint density at radius 2 is 1.80 bits per heavy atom. The molecule has 2 aromatic carbocycles. The molecule has 3 aromatic rings. The summed E-state index contributed by atoms with van der Waals surface area (Å²) in [5.74, 6) is 2.87. The first-order valence-electron chi connectivity index (χ1n) is 11.3. The molecule has 0 spiro atoms. The van der Waals surface area contributed by atoms with Gasteiger partial charge in [0.25, 0.3) is 0 Å². The lowest BCUT2D eigenvalue weighted by atomic mass is 9.77. The lowest BCUT2D eigenvalue weighted by Crippen LogP contribution is -2.17. The van der Waals surface area contributed by atoms with Gasteiger partial charge in [0.2, 0.25) is 0 Å². The van der Waals surface area contributed by atoms with Gasteiger partial charge >= 0.3 is 0 Å². The Balaban J connectivity index is 1.52. The van der Waals surface area contributed by atoms with Crippen molar-refractivity contribution >= 4 is 39.5 Å². The van der Waals surface area contributed by atoms with Crippen molar-refractivity contribution in [2.24, 2.45) is 4.99 Å². The van der Waals surface area contributed by atoms with Gasteiger partial charge in [-0.1, -0.05) is 29.5 Å². The predicted octanol–water partition coefficient (Wildman–Crippen LogP) is 5.54. The van der Waals surface area contributed by atoms with E-state index < -0.39 is 0 Å². The summed E-state index contributed by atoms with van der Waals surface area (Å²) < 4.78 is 16.4. The molecular weight excluding hydrogens is 462 g/mol. The second-order valence-corrected chi connectivity index (χ2v) is 9.32. The molecule has 4 N–H and O–H groups in total. The van der Waals surface area contributed by atoms with Crippen LogP contribution < -0.4 is 25.3 Å². The number of aromatic nitrogens is 1. The first-order chi connectivity index (χ1) is 17.0. The highest BCUT2D eigenvalue weighted by Crippen LogP contribution is 2.46. The SMILES string of the molecule is COc1ccccc1Nc1nc(N)c(C2=NC(=N)C3=C2C(c2ccc(OC)c(OC)c2)CCC3)s1. The molecule has 5 rings (SSSR count). The summed E-state index contributed by atoms with van der Waals surface area (Å²) in [5, 5.41) is 12.5. The molecule has 1 aliphatic heterocycles. The number of nitrogens with two attached hydrogens (primary N) is 1. The molecule has 0 bridgehead atoms. The van der Waals surface area contributed by atoms with Crippen molar-refractivity contribution in [2.45, 2.75) is 25.2 Å². The molecule has 0 saturated heterocycles. The number of hydrogen-bond acceptors (Lipinski definition) is 8. The average molecular weight is 490 g/mol. The van der Waals surface area contributed by atoms with E-state index in [0.29, 0.717) is 34.0 Å². The van der Waals surface area contributed by atoms with Crippen LogP contribution >= 0.6 is 11.3 Å². The number of methoxy groups -OCH3 is 3. The van der Waals surface area contributed by atoms with Crippen LogP contribution in [0.4, 0.5) is 16.6 Å². The van der Waals surface area contributed by atoms with Crippen LogP contribution in [0.3, 0.4) is 0 Å². The van der Waals surface area contributed by atoms with Crippen LogP contribution in [0.15, 0.2) is 58.6 Å². The molecule has 0 radical (unpaired) electrons. The van der Waals surface area contributed by atoms with Crippen LogP contribution in [0, 0.1) is 5.41 Å². The minimum atomic E-state index is 0.0762. The van der Waals surface area contributed by atoms with Gasteiger partial charge in [0.05, 0.1) is 37.6 Å². The number of allylic oxidation sites excluding steroid dienone is 1. The number of nitrogen functional groups attached to an aromatic ring is 1.